The van der Waals surface area contributed by atoms with Gasteiger partial charge in [0.1, 0.15) is 11.5 Å². The molecule has 1 amide bonds. The van der Waals surface area contributed by atoms with Gasteiger partial charge in [-0.2, -0.15) is 0 Å². The van der Waals surface area contributed by atoms with Crippen molar-refractivity contribution in [1.82, 2.24) is 4.90 Å². The first-order valence-corrected chi connectivity index (χ1v) is 7.89. The molecule has 0 spiro atoms. The second kappa shape index (κ2) is 6.43. The number of nitrogens with zero attached hydrogens (tertiary/aromatic N) is 1. The van der Waals surface area contributed by atoms with Crippen LogP contribution in [0.1, 0.15) is 22.7 Å². The Morgan fingerprint density at radius 3 is 2.20 bits per heavy atom. The number of hydrogen-bond donors (Lipinski definition) is 1. The lowest BCUT2D eigenvalue weighted by molar-refractivity contribution is -0.139. The van der Waals surface area contributed by atoms with Crippen molar-refractivity contribution in [3.05, 3.63) is 70.8 Å². The number of ether oxygens (including phenoxy) is 1. The molecule has 3 rings (SSSR count). The average molecular weight is 337 g/mol. The molecule has 0 aliphatic carbocycles. The minimum atomic E-state index is -0.679. The highest BCUT2D eigenvalue weighted by Crippen LogP contribution is 2.38. The van der Waals surface area contributed by atoms with Crippen LogP contribution in [0.2, 0.25) is 0 Å². The van der Waals surface area contributed by atoms with Crippen molar-refractivity contribution in [3.63, 3.8) is 0 Å². The van der Waals surface area contributed by atoms with Crippen molar-refractivity contribution in [1.29, 1.82) is 0 Å². The normalized spacial score (nSPS) is 19.3. The van der Waals surface area contributed by atoms with E-state index in [1.165, 1.54) is 4.90 Å². The zero-order chi connectivity index (χ0) is 18.1. The molecule has 128 valence electrons. The third kappa shape index (κ3) is 2.89. The van der Waals surface area contributed by atoms with E-state index >= 15 is 0 Å². The summed E-state index contributed by atoms with van der Waals surface area (Å²) in [7, 11) is 3.13. The van der Waals surface area contributed by atoms with Crippen molar-refractivity contribution in [2.24, 2.45) is 0 Å². The Bertz CT molecular complexity index is 850. The molecule has 1 fully saturated rings. The van der Waals surface area contributed by atoms with Crippen molar-refractivity contribution in [2.45, 2.75) is 13.0 Å². The highest BCUT2D eigenvalue weighted by molar-refractivity contribution is 6.46. The van der Waals surface area contributed by atoms with E-state index in [0.29, 0.717) is 11.3 Å². The Labute approximate surface area is 146 Å². The van der Waals surface area contributed by atoms with E-state index in [9.17, 15) is 14.7 Å². The fourth-order valence-corrected chi connectivity index (χ4v) is 2.99. The number of hydrogen-bond acceptors (Lipinski definition) is 4. The third-order valence-corrected chi connectivity index (χ3v) is 4.43. The molecule has 0 aromatic heterocycles. The van der Waals surface area contributed by atoms with Crippen LogP contribution < -0.4 is 4.74 Å². The molecule has 1 saturated heterocycles. The third-order valence-electron chi connectivity index (χ3n) is 4.43. The lowest BCUT2D eigenvalue weighted by atomic mass is 9.95. The van der Waals surface area contributed by atoms with E-state index in [2.05, 4.69) is 0 Å². The second-order valence-corrected chi connectivity index (χ2v) is 6.05. The number of Topliss-reactive ketones (excluding diaryl/α,β-unsaturated/α-hetero) is 1. The SMILES string of the molecule is COc1ccc([C@H]2C(=C(O)c3ccc(C)cc3)C(=O)C(=O)N2C)cc1. The number of aliphatic hydroxyl groups excluding tert-OH is 1. The molecule has 5 heteroatoms. The maximum absolute atomic E-state index is 12.5. The summed E-state index contributed by atoms with van der Waals surface area (Å²) in [6, 6.07) is 13.6. The Balaban J connectivity index is 2.13. The summed E-state index contributed by atoms with van der Waals surface area (Å²) in [5.74, 6) is -0.797. The van der Waals surface area contributed by atoms with Crippen molar-refractivity contribution < 1.29 is 19.4 Å². The van der Waals surface area contributed by atoms with Gasteiger partial charge in [0.2, 0.25) is 0 Å². The number of rotatable bonds is 3. The average Bonchev–Trinajstić information content (AvgIpc) is 2.86. The molecule has 2 aromatic carbocycles. The monoisotopic (exact) mass is 337 g/mol. The van der Waals surface area contributed by atoms with Gasteiger partial charge in [-0.1, -0.05) is 42.0 Å². The van der Waals surface area contributed by atoms with Crippen LogP contribution in [0, 0.1) is 6.92 Å². The number of likely N-dealkylation sites (tertiary alicyclic amines) is 1. The number of aliphatic hydroxyl groups is 1. The zero-order valence-electron chi connectivity index (χ0n) is 14.3. The lowest BCUT2D eigenvalue weighted by Gasteiger charge is -2.21. The van der Waals surface area contributed by atoms with Crippen LogP contribution in [0.25, 0.3) is 5.76 Å². The molecule has 0 bridgehead atoms. The molecular formula is C20H19NO4. The molecule has 1 aliphatic heterocycles. The zero-order valence-corrected chi connectivity index (χ0v) is 14.3. The van der Waals surface area contributed by atoms with Crippen molar-refractivity contribution in [2.75, 3.05) is 14.2 Å². The van der Waals surface area contributed by atoms with Gasteiger partial charge in [0.15, 0.2) is 0 Å². The molecule has 5 nitrogen and oxygen atoms in total. The summed E-state index contributed by atoms with van der Waals surface area (Å²) in [4.78, 5) is 26.0. The minimum Gasteiger partial charge on any atom is -0.507 e. The van der Waals surface area contributed by atoms with Crippen molar-refractivity contribution >= 4 is 17.4 Å². The maximum atomic E-state index is 12.5. The van der Waals surface area contributed by atoms with Crippen LogP contribution in [0.3, 0.4) is 0 Å². The molecular weight excluding hydrogens is 318 g/mol. The van der Waals surface area contributed by atoms with E-state index in [0.717, 1.165) is 11.1 Å². The Morgan fingerprint density at radius 2 is 1.64 bits per heavy atom. The van der Waals surface area contributed by atoms with Crippen LogP contribution in [0.15, 0.2) is 54.1 Å². The molecule has 0 unspecified atom stereocenters. The summed E-state index contributed by atoms with van der Waals surface area (Å²) >= 11 is 0. The first-order valence-electron chi connectivity index (χ1n) is 7.89. The number of carbonyl (C=O) groups excluding carboxylic acids is 2. The van der Waals surface area contributed by atoms with Gasteiger partial charge in [0.05, 0.1) is 18.7 Å². The molecule has 1 aliphatic rings. The van der Waals surface area contributed by atoms with Crippen LogP contribution in [-0.2, 0) is 9.59 Å². The molecule has 1 heterocycles. The lowest BCUT2D eigenvalue weighted by Crippen LogP contribution is -2.24. The molecule has 25 heavy (non-hydrogen) atoms. The van der Waals surface area contributed by atoms with E-state index < -0.39 is 17.7 Å². The number of methoxy groups -OCH3 is 1. The predicted octanol–water partition coefficient (Wildman–Crippen LogP) is 3.06. The Morgan fingerprint density at radius 1 is 1.04 bits per heavy atom. The van der Waals surface area contributed by atoms with E-state index in [4.69, 9.17) is 4.74 Å². The van der Waals surface area contributed by atoms with Gasteiger partial charge in [-0.15, -0.1) is 0 Å². The van der Waals surface area contributed by atoms with Crippen LogP contribution in [-0.4, -0.2) is 35.9 Å². The van der Waals surface area contributed by atoms with Gasteiger partial charge in [-0.25, -0.2) is 0 Å². The molecule has 0 saturated carbocycles. The number of amides is 1. The van der Waals surface area contributed by atoms with Crippen molar-refractivity contribution in [3.8, 4) is 5.75 Å². The second-order valence-electron chi connectivity index (χ2n) is 6.05. The summed E-state index contributed by atoms with van der Waals surface area (Å²) in [6.07, 6.45) is 0. The minimum absolute atomic E-state index is 0.0986. The number of likely N-dealkylation sites (N-methyl/N-ethyl adjacent to an activating group) is 1. The van der Waals surface area contributed by atoms with Gasteiger partial charge in [-0.05, 0) is 24.6 Å². The van der Waals surface area contributed by atoms with Crippen LogP contribution in [0.4, 0.5) is 0 Å². The van der Waals surface area contributed by atoms with Crippen LogP contribution in [0.5, 0.6) is 5.75 Å². The number of carbonyl (C=O) groups is 2. The Kier molecular flexibility index (Phi) is 4.31. The summed E-state index contributed by atoms with van der Waals surface area (Å²) in [5.41, 5.74) is 2.38. The largest absolute Gasteiger partial charge is 0.507 e. The molecule has 1 atom stereocenters. The highest BCUT2D eigenvalue weighted by atomic mass is 16.5. The number of ketones is 1. The number of benzene rings is 2. The smallest absolute Gasteiger partial charge is 0.295 e. The predicted molar refractivity (Wildman–Crippen MR) is 94.2 cm³/mol. The quantitative estimate of drug-likeness (QED) is 0.531. The summed E-state index contributed by atoms with van der Waals surface area (Å²) < 4.78 is 5.15. The van der Waals surface area contributed by atoms with Gasteiger partial charge < -0.3 is 14.7 Å². The van der Waals surface area contributed by atoms with E-state index in [1.54, 1.807) is 50.6 Å². The standard InChI is InChI=1S/C20H19NO4/c1-12-4-6-14(7-5-12)18(22)16-17(21(2)20(24)19(16)23)13-8-10-15(25-3)11-9-13/h4-11,17,22H,1-3H3/t17-/m0/s1. The fourth-order valence-electron chi connectivity index (χ4n) is 2.99. The first-order chi connectivity index (χ1) is 11.9. The maximum Gasteiger partial charge on any atom is 0.295 e. The summed E-state index contributed by atoms with van der Waals surface area (Å²) in [5, 5.41) is 10.7. The van der Waals surface area contributed by atoms with Crippen LogP contribution >= 0.6 is 0 Å². The molecule has 2 aromatic rings. The van der Waals surface area contributed by atoms with Gasteiger partial charge in [0.25, 0.3) is 11.7 Å². The highest BCUT2D eigenvalue weighted by Gasteiger charge is 2.44. The topological polar surface area (TPSA) is 66.8 Å². The Hall–Kier alpha value is -3.08. The molecule has 0 radical (unpaired) electrons. The summed E-state index contributed by atoms with van der Waals surface area (Å²) in [6.45, 7) is 1.94. The fraction of sp³-hybridized carbons (Fsp3) is 0.200. The van der Waals surface area contributed by atoms with E-state index in [1.807, 2.05) is 19.1 Å². The van der Waals surface area contributed by atoms with Gasteiger partial charge in [0, 0.05) is 12.6 Å². The first kappa shape index (κ1) is 16.8. The van der Waals surface area contributed by atoms with Gasteiger partial charge >= 0.3 is 0 Å². The van der Waals surface area contributed by atoms with Gasteiger partial charge in [-0.3, -0.25) is 9.59 Å². The molecule has 1 N–H and O–H groups in total. The van der Waals surface area contributed by atoms with E-state index in [-0.39, 0.29) is 11.3 Å². The number of aryl methyl sites for hydroxylation is 1.